The molecular formula is C13H13NOS. The standard InChI is InChI=1S/C13H13NOS/c1-3-7-12(8-4-1)11-16(14-15-16)13-9-5-2-6-10-13/h1-10,14H,11H2. The molecule has 1 atom stereocenters. The van der Waals surface area contributed by atoms with E-state index in [0.29, 0.717) is 0 Å². The molecule has 0 saturated carbocycles. The van der Waals surface area contributed by atoms with Crippen molar-refractivity contribution in [2.24, 2.45) is 0 Å². The van der Waals surface area contributed by atoms with Crippen LogP contribution >= 0.6 is 10.5 Å². The van der Waals surface area contributed by atoms with Gasteiger partial charge in [-0.25, -0.2) is 4.28 Å². The molecule has 0 amide bonds. The quantitative estimate of drug-likeness (QED) is 0.821. The Bertz CT molecular complexity index is 468. The molecule has 1 fully saturated rings. The third-order valence-electron chi connectivity index (χ3n) is 2.62. The number of benzene rings is 2. The molecule has 3 heteroatoms. The molecule has 1 aliphatic heterocycles. The monoisotopic (exact) mass is 231 g/mol. The molecule has 3 rings (SSSR count). The molecule has 0 aliphatic carbocycles. The van der Waals surface area contributed by atoms with Gasteiger partial charge in [0.15, 0.2) is 0 Å². The van der Waals surface area contributed by atoms with Gasteiger partial charge in [-0.05, 0) is 28.2 Å². The second kappa shape index (κ2) is 3.94. The van der Waals surface area contributed by atoms with Gasteiger partial charge >= 0.3 is 0 Å². The first-order valence-corrected chi connectivity index (χ1v) is 6.97. The van der Waals surface area contributed by atoms with Crippen molar-refractivity contribution in [3.63, 3.8) is 0 Å². The van der Waals surface area contributed by atoms with E-state index in [0.717, 1.165) is 5.75 Å². The van der Waals surface area contributed by atoms with Gasteiger partial charge in [-0.15, -0.1) is 4.89 Å². The van der Waals surface area contributed by atoms with Gasteiger partial charge < -0.3 is 0 Å². The van der Waals surface area contributed by atoms with Crippen LogP contribution in [0.4, 0.5) is 0 Å². The summed E-state index contributed by atoms with van der Waals surface area (Å²) in [5, 5.41) is 0. The summed E-state index contributed by atoms with van der Waals surface area (Å²) in [6, 6.07) is 20.8. The summed E-state index contributed by atoms with van der Waals surface area (Å²) < 4.78 is 5.52. The fourth-order valence-corrected chi connectivity index (χ4v) is 3.79. The van der Waals surface area contributed by atoms with E-state index in [1.165, 1.54) is 10.5 Å². The zero-order valence-electron chi connectivity index (χ0n) is 8.80. The van der Waals surface area contributed by atoms with Crippen molar-refractivity contribution in [3.05, 3.63) is 66.2 Å². The normalized spacial score (nSPS) is 27.0. The Hall–Kier alpha value is -1.29. The van der Waals surface area contributed by atoms with Gasteiger partial charge in [0.1, 0.15) is 0 Å². The van der Waals surface area contributed by atoms with Crippen molar-refractivity contribution >= 4 is 10.5 Å². The minimum Gasteiger partial charge on any atom is -0.222 e. The minimum absolute atomic E-state index is 0.942. The molecule has 1 saturated heterocycles. The Morgan fingerprint density at radius 3 is 2.00 bits per heavy atom. The second-order valence-electron chi connectivity index (χ2n) is 3.78. The lowest BCUT2D eigenvalue weighted by atomic mass is 10.2. The van der Waals surface area contributed by atoms with Gasteiger partial charge in [0.2, 0.25) is 0 Å². The van der Waals surface area contributed by atoms with E-state index in [4.69, 9.17) is 4.28 Å². The maximum Gasteiger partial charge on any atom is 0.0447 e. The van der Waals surface area contributed by atoms with E-state index in [2.05, 4.69) is 53.4 Å². The van der Waals surface area contributed by atoms with Crippen molar-refractivity contribution in [1.82, 2.24) is 4.89 Å². The average molecular weight is 231 g/mol. The number of nitrogens with one attached hydrogen (secondary N) is 1. The lowest BCUT2D eigenvalue weighted by Gasteiger charge is -2.14. The molecule has 0 bridgehead atoms. The van der Waals surface area contributed by atoms with Gasteiger partial charge in [0, 0.05) is 10.6 Å². The fraction of sp³-hybridized carbons (Fsp3) is 0.0769. The van der Waals surface area contributed by atoms with E-state index in [9.17, 15) is 0 Å². The Kier molecular flexibility index (Phi) is 2.44. The van der Waals surface area contributed by atoms with Crippen LogP contribution in [0.5, 0.6) is 0 Å². The third kappa shape index (κ3) is 1.85. The van der Waals surface area contributed by atoms with Crippen molar-refractivity contribution in [1.29, 1.82) is 0 Å². The Morgan fingerprint density at radius 1 is 0.875 bits per heavy atom. The molecule has 2 nitrogen and oxygen atoms in total. The maximum absolute atomic E-state index is 5.52. The fourth-order valence-electron chi connectivity index (χ4n) is 1.73. The predicted octanol–water partition coefficient (Wildman–Crippen LogP) is 3.42. The van der Waals surface area contributed by atoms with Crippen LogP contribution < -0.4 is 4.89 Å². The average Bonchev–Trinajstić information content (AvgIpc) is 3.13. The van der Waals surface area contributed by atoms with Crippen LogP contribution in [-0.2, 0) is 10.0 Å². The minimum atomic E-state index is -1.21. The smallest absolute Gasteiger partial charge is 0.0447 e. The molecular weight excluding hydrogens is 218 g/mol. The molecule has 0 aromatic heterocycles. The topological polar surface area (TPSA) is 34.5 Å². The highest BCUT2D eigenvalue weighted by Gasteiger charge is 2.41. The molecule has 82 valence electrons. The summed E-state index contributed by atoms with van der Waals surface area (Å²) in [5.74, 6) is 0.942. The predicted molar refractivity (Wildman–Crippen MR) is 66.7 cm³/mol. The SMILES string of the molecule is c1ccc(CS2(c3ccccc3)NO2)cc1. The van der Waals surface area contributed by atoms with Crippen LogP contribution in [0.2, 0.25) is 0 Å². The summed E-state index contributed by atoms with van der Waals surface area (Å²) in [6.07, 6.45) is 0. The van der Waals surface area contributed by atoms with E-state index in [-0.39, 0.29) is 0 Å². The Balaban J connectivity index is 1.86. The van der Waals surface area contributed by atoms with E-state index >= 15 is 0 Å². The highest BCUT2D eigenvalue weighted by molar-refractivity contribution is 8.31. The maximum atomic E-state index is 5.52. The van der Waals surface area contributed by atoms with Crippen LogP contribution in [0.15, 0.2) is 65.6 Å². The first kappa shape index (κ1) is 9.90. The first-order chi connectivity index (χ1) is 7.89. The zero-order valence-corrected chi connectivity index (χ0v) is 9.61. The molecule has 1 unspecified atom stereocenters. The van der Waals surface area contributed by atoms with Gasteiger partial charge in [-0.1, -0.05) is 48.5 Å². The van der Waals surface area contributed by atoms with Crippen LogP contribution in [0.3, 0.4) is 0 Å². The molecule has 1 heterocycles. The zero-order chi connectivity index (χ0) is 10.8. The first-order valence-electron chi connectivity index (χ1n) is 5.24. The number of hydrogen-bond donors (Lipinski definition) is 1. The summed E-state index contributed by atoms with van der Waals surface area (Å²) in [4.78, 5) is 4.36. The van der Waals surface area contributed by atoms with Crippen molar-refractivity contribution < 1.29 is 4.28 Å². The van der Waals surface area contributed by atoms with E-state index in [1.54, 1.807) is 0 Å². The molecule has 16 heavy (non-hydrogen) atoms. The number of hydrogen-bond acceptors (Lipinski definition) is 2. The van der Waals surface area contributed by atoms with Gasteiger partial charge in [-0.2, -0.15) is 0 Å². The Labute approximate surface area is 96.9 Å². The molecule has 1 aliphatic rings. The molecule has 1 N–H and O–H groups in total. The van der Waals surface area contributed by atoms with Gasteiger partial charge in [0.25, 0.3) is 0 Å². The van der Waals surface area contributed by atoms with Crippen molar-refractivity contribution in [3.8, 4) is 0 Å². The summed E-state index contributed by atoms with van der Waals surface area (Å²) >= 11 is 0. The van der Waals surface area contributed by atoms with Crippen molar-refractivity contribution in [2.45, 2.75) is 10.6 Å². The lowest BCUT2D eigenvalue weighted by Crippen LogP contribution is -1.92. The van der Waals surface area contributed by atoms with Crippen LogP contribution in [-0.4, -0.2) is 0 Å². The van der Waals surface area contributed by atoms with Gasteiger partial charge in [0.05, 0.1) is 0 Å². The van der Waals surface area contributed by atoms with Crippen LogP contribution in [0.25, 0.3) is 0 Å². The van der Waals surface area contributed by atoms with Crippen molar-refractivity contribution in [2.75, 3.05) is 0 Å². The van der Waals surface area contributed by atoms with E-state index in [1.807, 2.05) is 12.1 Å². The van der Waals surface area contributed by atoms with Gasteiger partial charge in [-0.3, -0.25) is 0 Å². The summed E-state index contributed by atoms with van der Waals surface area (Å²) in [6.45, 7) is 0. The lowest BCUT2D eigenvalue weighted by molar-refractivity contribution is 0.467. The Morgan fingerprint density at radius 2 is 1.44 bits per heavy atom. The summed E-state index contributed by atoms with van der Waals surface area (Å²) in [7, 11) is -1.21. The summed E-state index contributed by atoms with van der Waals surface area (Å²) in [5.41, 5.74) is 1.31. The molecule has 2 aromatic rings. The largest absolute Gasteiger partial charge is 0.222 e. The van der Waals surface area contributed by atoms with Crippen LogP contribution in [0.1, 0.15) is 5.56 Å². The van der Waals surface area contributed by atoms with E-state index < -0.39 is 10.5 Å². The highest BCUT2D eigenvalue weighted by Crippen LogP contribution is 2.65. The second-order valence-corrected chi connectivity index (χ2v) is 6.23. The molecule has 2 aromatic carbocycles. The highest BCUT2D eigenvalue weighted by atomic mass is 32.3. The molecule has 0 radical (unpaired) electrons. The van der Waals surface area contributed by atoms with Crippen LogP contribution in [0, 0.1) is 0 Å². The number of rotatable bonds is 3. The molecule has 0 spiro atoms. The third-order valence-corrected chi connectivity index (χ3v) is 4.96.